The molecule has 2 saturated heterocycles. The van der Waals surface area contributed by atoms with Gasteiger partial charge in [-0.1, -0.05) is 19.8 Å². The Morgan fingerprint density at radius 1 is 1.28 bits per heavy atom. The molecule has 1 aliphatic carbocycles. The van der Waals surface area contributed by atoms with Crippen molar-refractivity contribution < 1.29 is 9.59 Å². The fraction of sp³-hybridized carbons (Fsp3) is 0.857. The lowest BCUT2D eigenvalue weighted by Crippen LogP contribution is -2.51. The van der Waals surface area contributed by atoms with Crippen LogP contribution >= 0.6 is 0 Å². The van der Waals surface area contributed by atoms with Crippen LogP contribution in [0.4, 0.5) is 0 Å². The third kappa shape index (κ3) is 1.69. The average molecular weight is 250 g/mol. The van der Waals surface area contributed by atoms with Gasteiger partial charge in [-0.2, -0.15) is 0 Å². The van der Waals surface area contributed by atoms with Crippen molar-refractivity contribution in [2.45, 2.75) is 51.5 Å². The predicted octanol–water partition coefficient (Wildman–Crippen LogP) is 1.30. The zero-order valence-electron chi connectivity index (χ0n) is 11.1. The molecular weight excluding hydrogens is 228 g/mol. The highest BCUT2D eigenvalue weighted by Gasteiger charge is 2.54. The number of rotatable bonds is 1. The highest BCUT2D eigenvalue weighted by atomic mass is 16.2. The molecule has 2 atom stereocenters. The zero-order valence-corrected chi connectivity index (χ0v) is 11.1. The quantitative estimate of drug-likeness (QED) is 0.714. The number of carbonyl (C=O) groups is 2. The Labute approximate surface area is 108 Å². The Morgan fingerprint density at radius 2 is 2.00 bits per heavy atom. The van der Waals surface area contributed by atoms with Crippen molar-refractivity contribution in [2.75, 3.05) is 13.1 Å². The van der Waals surface area contributed by atoms with E-state index in [2.05, 4.69) is 12.2 Å². The van der Waals surface area contributed by atoms with Crippen molar-refractivity contribution in [3.05, 3.63) is 0 Å². The maximum Gasteiger partial charge on any atom is 0.236 e. The molecule has 0 aromatic rings. The Hall–Kier alpha value is -0.900. The molecule has 3 fully saturated rings. The van der Waals surface area contributed by atoms with Gasteiger partial charge in [-0.15, -0.1) is 0 Å². The van der Waals surface area contributed by atoms with Gasteiger partial charge in [-0.25, -0.2) is 0 Å². The number of hydrogen-bond donors (Lipinski definition) is 1. The van der Waals surface area contributed by atoms with E-state index in [1.807, 2.05) is 0 Å². The minimum absolute atomic E-state index is 0.0839. The average Bonchev–Trinajstić information content (AvgIpc) is 2.89. The van der Waals surface area contributed by atoms with Crippen molar-refractivity contribution in [3.63, 3.8) is 0 Å². The third-order valence-corrected chi connectivity index (χ3v) is 5.06. The van der Waals surface area contributed by atoms with E-state index >= 15 is 0 Å². The van der Waals surface area contributed by atoms with Crippen LogP contribution in [0.25, 0.3) is 0 Å². The van der Waals surface area contributed by atoms with E-state index in [4.69, 9.17) is 0 Å². The molecule has 0 radical (unpaired) electrons. The molecule has 2 aliphatic heterocycles. The third-order valence-electron chi connectivity index (χ3n) is 5.06. The van der Waals surface area contributed by atoms with E-state index in [9.17, 15) is 9.59 Å². The molecule has 2 amide bonds. The summed E-state index contributed by atoms with van der Waals surface area (Å²) in [6, 6.07) is 0.131. The lowest BCUT2D eigenvalue weighted by Gasteiger charge is -2.36. The normalized spacial score (nSPS) is 35.7. The van der Waals surface area contributed by atoms with Crippen LogP contribution < -0.4 is 5.32 Å². The Morgan fingerprint density at radius 3 is 2.67 bits per heavy atom. The maximum atomic E-state index is 12.7. The maximum absolute atomic E-state index is 12.7. The number of likely N-dealkylation sites (tertiary alicyclic amines) is 1. The summed E-state index contributed by atoms with van der Waals surface area (Å²) >= 11 is 0. The van der Waals surface area contributed by atoms with Crippen molar-refractivity contribution in [1.82, 2.24) is 10.2 Å². The molecule has 100 valence electrons. The van der Waals surface area contributed by atoms with Crippen LogP contribution in [-0.4, -0.2) is 35.8 Å². The van der Waals surface area contributed by atoms with Crippen molar-refractivity contribution in [2.24, 2.45) is 11.3 Å². The van der Waals surface area contributed by atoms with Crippen LogP contribution in [0.5, 0.6) is 0 Å². The largest absolute Gasteiger partial charge is 0.316 e. The molecule has 4 heteroatoms. The lowest BCUT2D eigenvalue weighted by atomic mass is 9.84. The van der Waals surface area contributed by atoms with E-state index in [-0.39, 0.29) is 23.3 Å². The monoisotopic (exact) mass is 250 g/mol. The van der Waals surface area contributed by atoms with E-state index in [0.717, 1.165) is 45.2 Å². The minimum atomic E-state index is -0.304. The fourth-order valence-electron chi connectivity index (χ4n) is 3.98. The van der Waals surface area contributed by atoms with Gasteiger partial charge in [0, 0.05) is 12.5 Å². The molecule has 3 aliphatic rings. The molecule has 3 rings (SSSR count). The van der Waals surface area contributed by atoms with Gasteiger partial charge >= 0.3 is 0 Å². The van der Waals surface area contributed by atoms with Gasteiger partial charge in [0.1, 0.15) is 0 Å². The van der Waals surface area contributed by atoms with Crippen LogP contribution in [0, 0.1) is 11.3 Å². The molecule has 1 saturated carbocycles. The standard InChI is InChI=1S/C14H22N2O2/c1-10-9-15-7-4-11(10)16-12(17)8-14(13(16)18)5-2-3-6-14/h10-11,15H,2-9H2,1H3. The fourth-order valence-corrected chi connectivity index (χ4v) is 3.98. The first kappa shape index (κ1) is 12.2. The van der Waals surface area contributed by atoms with E-state index in [1.54, 1.807) is 4.90 Å². The van der Waals surface area contributed by atoms with Crippen molar-refractivity contribution >= 4 is 11.8 Å². The second-order valence-corrected chi connectivity index (χ2v) is 6.27. The van der Waals surface area contributed by atoms with Gasteiger partial charge in [0.2, 0.25) is 11.8 Å². The molecule has 0 aromatic heterocycles. The zero-order chi connectivity index (χ0) is 12.8. The number of nitrogens with zero attached hydrogens (tertiary/aromatic N) is 1. The van der Waals surface area contributed by atoms with Crippen molar-refractivity contribution in [3.8, 4) is 0 Å². The molecule has 0 aromatic carbocycles. The summed E-state index contributed by atoms with van der Waals surface area (Å²) in [7, 11) is 0. The highest BCUT2D eigenvalue weighted by molar-refractivity contribution is 6.06. The lowest BCUT2D eigenvalue weighted by molar-refractivity contribution is -0.145. The molecule has 2 unspecified atom stereocenters. The first-order valence-corrected chi connectivity index (χ1v) is 7.21. The SMILES string of the molecule is CC1CNCCC1N1C(=O)CC2(CCCC2)C1=O. The number of piperidine rings is 1. The summed E-state index contributed by atoms with van der Waals surface area (Å²) < 4.78 is 0. The van der Waals surface area contributed by atoms with Crippen molar-refractivity contribution in [1.29, 1.82) is 0 Å². The topological polar surface area (TPSA) is 49.4 Å². The Kier molecular flexibility index (Phi) is 2.93. The molecule has 1 spiro atoms. The number of imide groups is 1. The number of carbonyl (C=O) groups excluding carboxylic acids is 2. The van der Waals surface area contributed by atoms with Crippen LogP contribution in [0.15, 0.2) is 0 Å². The van der Waals surface area contributed by atoms with Crippen LogP contribution in [-0.2, 0) is 9.59 Å². The van der Waals surface area contributed by atoms with Gasteiger partial charge in [0.05, 0.1) is 5.41 Å². The molecule has 0 bridgehead atoms. The summed E-state index contributed by atoms with van der Waals surface area (Å²) in [6.07, 6.45) is 5.45. The molecule has 18 heavy (non-hydrogen) atoms. The summed E-state index contributed by atoms with van der Waals surface area (Å²) in [5.41, 5.74) is -0.304. The Balaban J connectivity index is 1.84. The second-order valence-electron chi connectivity index (χ2n) is 6.27. The van der Waals surface area contributed by atoms with Gasteiger partial charge in [0.25, 0.3) is 0 Å². The molecular formula is C14H22N2O2. The first-order valence-electron chi connectivity index (χ1n) is 7.21. The van der Waals surface area contributed by atoms with Crippen LogP contribution in [0.3, 0.4) is 0 Å². The van der Waals surface area contributed by atoms with E-state index in [1.165, 1.54) is 0 Å². The number of nitrogens with one attached hydrogen (secondary N) is 1. The van der Waals surface area contributed by atoms with E-state index < -0.39 is 0 Å². The molecule has 2 heterocycles. The summed E-state index contributed by atoms with van der Waals surface area (Å²) in [6.45, 7) is 3.96. The van der Waals surface area contributed by atoms with Gasteiger partial charge in [0.15, 0.2) is 0 Å². The predicted molar refractivity (Wildman–Crippen MR) is 67.8 cm³/mol. The smallest absolute Gasteiger partial charge is 0.236 e. The van der Waals surface area contributed by atoms with E-state index in [0.29, 0.717) is 12.3 Å². The molecule has 1 N–H and O–H groups in total. The minimum Gasteiger partial charge on any atom is -0.316 e. The molecule has 4 nitrogen and oxygen atoms in total. The second kappa shape index (κ2) is 4.34. The van der Waals surface area contributed by atoms with Crippen LogP contribution in [0.1, 0.15) is 45.4 Å². The summed E-state index contributed by atoms with van der Waals surface area (Å²) in [5.74, 6) is 0.604. The number of hydrogen-bond acceptors (Lipinski definition) is 3. The highest BCUT2D eigenvalue weighted by Crippen LogP contribution is 2.48. The first-order chi connectivity index (χ1) is 8.64. The van der Waals surface area contributed by atoms with Gasteiger partial charge in [-0.3, -0.25) is 14.5 Å². The summed E-state index contributed by atoms with van der Waals surface area (Å²) in [5, 5.41) is 3.33. The van der Waals surface area contributed by atoms with Crippen LogP contribution in [0.2, 0.25) is 0 Å². The Bertz CT molecular complexity index is 374. The summed E-state index contributed by atoms with van der Waals surface area (Å²) in [4.78, 5) is 26.6. The van der Waals surface area contributed by atoms with Gasteiger partial charge in [-0.05, 0) is 38.3 Å². The van der Waals surface area contributed by atoms with Gasteiger partial charge < -0.3 is 5.32 Å². The number of amides is 2.